The maximum atomic E-state index is 13.3. The molecule has 0 unspecified atom stereocenters. The largest absolute Gasteiger partial charge is 0.481 e. The van der Waals surface area contributed by atoms with Crippen LogP contribution in [-0.4, -0.2) is 16.3 Å². The fourth-order valence-electron chi connectivity index (χ4n) is 1.72. The minimum absolute atomic E-state index is 0.189. The lowest BCUT2D eigenvalue weighted by molar-refractivity contribution is -0.136. The van der Waals surface area contributed by atoms with Gasteiger partial charge in [0.2, 0.25) is 0 Å². The van der Waals surface area contributed by atoms with Gasteiger partial charge in [0.1, 0.15) is 23.6 Å². The van der Waals surface area contributed by atoms with Crippen LogP contribution in [0.25, 0.3) is 11.0 Å². The Morgan fingerprint density at radius 1 is 1.50 bits per heavy atom. The molecule has 18 heavy (non-hydrogen) atoms. The maximum absolute atomic E-state index is 13.3. The Balaban J connectivity index is 2.57. The zero-order valence-corrected chi connectivity index (χ0v) is 10.9. The van der Waals surface area contributed by atoms with Crippen molar-refractivity contribution in [3.63, 3.8) is 0 Å². The zero-order valence-electron chi connectivity index (χ0n) is 10.1. The summed E-state index contributed by atoms with van der Waals surface area (Å²) in [6.45, 7) is 3.99. The van der Waals surface area contributed by atoms with Crippen LogP contribution in [0.15, 0.2) is 27.5 Å². The molecule has 96 valence electrons. The Morgan fingerprint density at radius 2 is 2.22 bits per heavy atom. The summed E-state index contributed by atoms with van der Waals surface area (Å²) in [6, 6.07) is 4.22. The molecule has 0 radical (unpaired) electrons. The van der Waals surface area contributed by atoms with Gasteiger partial charge >= 0.3 is 5.97 Å². The highest BCUT2D eigenvalue weighted by Crippen LogP contribution is 2.37. The van der Waals surface area contributed by atoms with E-state index in [0.29, 0.717) is 16.7 Å². The van der Waals surface area contributed by atoms with Gasteiger partial charge in [-0.2, -0.15) is 0 Å². The predicted molar refractivity (Wildman–Crippen MR) is 68.5 cm³/mol. The van der Waals surface area contributed by atoms with E-state index in [0.717, 1.165) is 4.90 Å². The third-order valence-electron chi connectivity index (χ3n) is 2.34. The molecule has 0 bridgehead atoms. The first-order chi connectivity index (χ1) is 8.47. The number of furan rings is 1. The highest BCUT2D eigenvalue weighted by Gasteiger charge is 2.18. The molecule has 0 atom stereocenters. The Kier molecular flexibility index (Phi) is 3.61. The number of carboxylic acids is 1. The topological polar surface area (TPSA) is 50.4 Å². The van der Waals surface area contributed by atoms with E-state index in [-0.39, 0.29) is 17.5 Å². The van der Waals surface area contributed by atoms with E-state index in [9.17, 15) is 9.18 Å². The number of rotatable bonds is 4. The summed E-state index contributed by atoms with van der Waals surface area (Å²) >= 11 is 1.49. The summed E-state index contributed by atoms with van der Waals surface area (Å²) in [5, 5.41) is 9.77. The van der Waals surface area contributed by atoms with E-state index in [1.807, 2.05) is 13.8 Å². The average molecular weight is 268 g/mol. The molecule has 1 aromatic carbocycles. The fraction of sp³-hybridized carbons (Fsp3) is 0.308. The number of fused-ring (bicyclic) bond motifs is 1. The molecule has 1 heterocycles. The summed E-state index contributed by atoms with van der Waals surface area (Å²) < 4.78 is 18.8. The first kappa shape index (κ1) is 13.0. The third kappa shape index (κ3) is 2.67. The minimum atomic E-state index is -0.958. The minimum Gasteiger partial charge on any atom is -0.481 e. The van der Waals surface area contributed by atoms with Crippen LogP contribution in [0.5, 0.6) is 0 Å². The van der Waals surface area contributed by atoms with Crippen molar-refractivity contribution in [2.24, 2.45) is 0 Å². The van der Waals surface area contributed by atoms with Crippen molar-refractivity contribution in [3.8, 4) is 0 Å². The third-order valence-corrected chi connectivity index (χ3v) is 3.49. The summed E-state index contributed by atoms with van der Waals surface area (Å²) in [6.07, 6.45) is -0.189. The maximum Gasteiger partial charge on any atom is 0.311 e. The molecule has 0 aliphatic rings. The fourth-order valence-corrected chi connectivity index (χ4v) is 2.72. The van der Waals surface area contributed by atoms with Gasteiger partial charge in [0, 0.05) is 10.6 Å². The summed E-state index contributed by atoms with van der Waals surface area (Å²) in [7, 11) is 0. The normalized spacial score (nSPS) is 11.3. The summed E-state index contributed by atoms with van der Waals surface area (Å²) in [4.78, 5) is 11.5. The van der Waals surface area contributed by atoms with Crippen molar-refractivity contribution in [2.75, 3.05) is 0 Å². The van der Waals surface area contributed by atoms with E-state index in [4.69, 9.17) is 9.52 Å². The van der Waals surface area contributed by atoms with Gasteiger partial charge in [0.05, 0.1) is 4.90 Å². The molecule has 0 aliphatic carbocycles. The van der Waals surface area contributed by atoms with Gasteiger partial charge in [0.25, 0.3) is 0 Å². The molecule has 0 spiro atoms. The number of thioether (sulfide) groups is 1. The number of carboxylic acid groups (broad SMARTS) is 1. The second kappa shape index (κ2) is 5.02. The molecular formula is C13H13FO3S. The van der Waals surface area contributed by atoms with Crippen molar-refractivity contribution in [2.45, 2.75) is 30.4 Å². The molecule has 0 amide bonds. The van der Waals surface area contributed by atoms with E-state index in [2.05, 4.69) is 0 Å². The van der Waals surface area contributed by atoms with Crippen LogP contribution in [-0.2, 0) is 11.2 Å². The Labute approximate surface area is 108 Å². The van der Waals surface area contributed by atoms with Crippen molar-refractivity contribution < 1.29 is 18.7 Å². The van der Waals surface area contributed by atoms with E-state index < -0.39 is 5.97 Å². The lowest BCUT2D eigenvalue weighted by Gasteiger charge is -2.04. The number of carbonyl (C=O) groups is 1. The highest BCUT2D eigenvalue weighted by molar-refractivity contribution is 8.00. The number of hydrogen-bond acceptors (Lipinski definition) is 3. The van der Waals surface area contributed by atoms with Crippen LogP contribution >= 0.6 is 11.8 Å². The molecule has 2 aromatic rings. The molecule has 0 saturated heterocycles. The molecule has 3 nitrogen and oxygen atoms in total. The van der Waals surface area contributed by atoms with Gasteiger partial charge < -0.3 is 9.52 Å². The van der Waals surface area contributed by atoms with E-state index in [1.54, 1.807) is 0 Å². The number of benzene rings is 1. The number of hydrogen-bond donors (Lipinski definition) is 1. The molecule has 1 aromatic heterocycles. The second-order valence-corrected chi connectivity index (χ2v) is 5.82. The SMILES string of the molecule is CC(C)Sc1c(CC(=O)O)oc2ccc(F)cc12. The van der Waals surface area contributed by atoms with Crippen LogP contribution in [0.4, 0.5) is 4.39 Å². The van der Waals surface area contributed by atoms with Crippen LogP contribution in [0.2, 0.25) is 0 Å². The molecule has 2 rings (SSSR count). The first-order valence-corrected chi connectivity index (χ1v) is 6.44. The Bertz CT molecular complexity index is 589. The highest BCUT2D eigenvalue weighted by atomic mass is 32.2. The number of halogens is 1. The first-order valence-electron chi connectivity index (χ1n) is 5.56. The van der Waals surface area contributed by atoms with Crippen molar-refractivity contribution in [3.05, 3.63) is 29.8 Å². The van der Waals surface area contributed by atoms with E-state index >= 15 is 0 Å². The number of aliphatic carboxylic acids is 1. The molecule has 0 fully saturated rings. The van der Waals surface area contributed by atoms with Gasteiger partial charge in [-0.15, -0.1) is 11.8 Å². The quantitative estimate of drug-likeness (QED) is 0.859. The second-order valence-electron chi connectivity index (χ2n) is 4.23. The van der Waals surface area contributed by atoms with Crippen LogP contribution in [0, 0.1) is 5.82 Å². The zero-order chi connectivity index (χ0) is 13.3. The van der Waals surface area contributed by atoms with Crippen molar-refractivity contribution in [1.82, 2.24) is 0 Å². The van der Waals surface area contributed by atoms with Crippen LogP contribution < -0.4 is 0 Å². The van der Waals surface area contributed by atoms with Crippen molar-refractivity contribution in [1.29, 1.82) is 0 Å². The van der Waals surface area contributed by atoms with E-state index in [1.165, 1.54) is 30.0 Å². The summed E-state index contributed by atoms with van der Waals surface area (Å²) in [5.41, 5.74) is 0.524. The monoisotopic (exact) mass is 268 g/mol. The van der Waals surface area contributed by atoms with Gasteiger partial charge in [-0.25, -0.2) is 4.39 Å². The molecule has 0 saturated carbocycles. The molecule has 1 N–H and O–H groups in total. The van der Waals surface area contributed by atoms with Gasteiger partial charge in [0.15, 0.2) is 0 Å². The Morgan fingerprint density at radius 3 is 2.83 bits per heavy atom. The predicted octanol–water partition coefficient (Wildman–Crippen LogP) is 3.70. The molecular weight excluding hydrogens is 255 g/mol. The molecule has 5 heteroatoms. The van der Waals surface area contributed by atoms with Crippen molar-refractivity contribution >= 4 is 28.7 Å². The smallest absolute Gasteiger partial charge is 0.311 e. The Hall–Kier alpha value is -1.49. The van der Waals surface area contributed by atoms with Gasteiger partial charge in [-0.3, -0.25) is 4.79 Å². The van der Waals surface area contributed by atoms with Crippen LogP contribution in [0.1, 0.15) is 19.6 Å². The van der Waals surface area contributed by atoms with Gasteiger partial charge in [-0.1, -0.05) is 13.8 Å². The van der Waals surface area contributed by atoms with Gasteiger partial charge in [-0.05, 0) is 18.2 Å². The lowest BCUT2D eigenvalue weighted by atomic mass is 10.2. The lowest BCUT2D eigenvalue weighted by Crippen LogP contribution is -2.00. The summed E-state index contributed by atoms with van der Waals surface area (Å²) in [5.74, 6) is -0.919. The molecule has 0 aliphatic heterocycles. The standard InChI is InChI=1S/C13H13FO3S/c1-7(2)18-13-9-5-8(14)3-4-10(9)17-11(13)6-12(15)16/h3-5,7H,6H2,1-2H3,(H,15,16). The van der Waals surface area contributed by atoms with Crippen LogP contribution in [0.3, 0.4) is 0 Å². The average Bonchev–Trinajstić information content (AvgIpc) is 2.55.